The molecule has 110 valence electrons. The number of ether oxygens (including phenoxy) is 1. The molecular weight excluding hydrogens is 296 g/mol. The Morgan fingerprint density at radius 3 is 2.90 bits per heavy atom. The topological polar surface area (TPSA) is 55.6 Å². The molecular formula is C14H19ClN2O2S. The number of hydrogen-bond acceptors (Lipinski definition) is 4. The van der Waals surface area contributed by atoms with Gasteiger partial charge in [0.05, 0.1) is 33.9 Å². The van der Waals surface area contributed by atoms with E-state index < -0.39 is 10.8 Å². The van der Waals surface area contributed by atoms with Crippen molar-refractivity contribution in [2.45, 2.75) is 36.5 Å². The molecule has 2 heterocycles. The van der Waals surface area contributed by atoms with E-state index in [0.29, 0.717) is 17.7 Å². The highest BCUT2D eigenvalue weighted by Gasteiger charge is 2.31. The van der Waals surface area contributed by atoms with Gasteiger partial charge in [0.25, 0.3) is 0 Å². The lowest BCUT2D eigenvalue weighted by Gasteiger charge is -2.33. The fraction of sp³-hybridized carbons (Fsp3) is 0.571. The van der Waals surface area contributed by atoms with Crippen LogP contribution in [0.4, 0.5) is 0 Å². The molecule has 3 atom stereocenters. The van der Waals surface area contributed by atoms with Crippen LogP contribution in [0.3, 0.4) is 0 Å². The van der Waals surface area contributed by atoms with E-state index in [4.69, 9.17) is 22.1 Å². The zero-order chi connectivity index (χ0) is 14.3. The van der Waals surface area contributed by atoms with Gasteiger partial charge in [-0.1, -0.05) is 17.7 Å². The Bertz CT molecular complexity index is 552. The number of benzene rings is 1. The lowest BCUT2D eigenvalue weighted by molar-refractivity contribution is 0.00549. The summed E-state index contributed by atoms with van der Waals surface area (Å²) in [5.74, 6) is 0. The maximum Gasteiger partial charge on any atom is 0.0623 e. The minimum absolute atomic E-state index is 0.117. The molecule has 1 fully saturated rings. The first kappa shape index (κ1) is 14.5. The predicted octanol–water partition coefficient (Wildman–Crippen LogP) is 1.51. The molecule has 1 aromatic carbocycles. The fourth-order valence-electron chi connectivity index (χ4n) is 3.01. The second-order valence-electron chi connectivity index (χ2n) is 5.56. The Morgan fingerprint density at radius 1 is 1.40 bits per heavy atom. The third-order valence-electron chi connectivity index (χ3n) is 4.08. The lowest BCUT2D eigenvalue weighted by Crippen LogP contribution is -2.46. The fourth-order valence-corrected chi connectivity index (χ4v) is 4.22. The van der Waals surface area contributed by atoms with Crippen LogP contribution in [0.2, 0.25) is 5.02 Å². The van der Waals surface area contributed by atoms with Gasteiger partial charge in [-0.2, -0.15) is 0 Å². The van der Waals surface area contributed by atoms with E-state index in [0.717, 1.165) is 36.6 Å². The van der Waals surface area contributed by atoms with E-state index in [1.807, 2.05) is 12.1 Å². The van der Waals surface area contributed by atoms with Gasteiger partial charge in [0, 0.05) is 31.4 Å². The molecule has 4 nitrogen and oxygen atoms in total. The van der Waals surface area contributed by atoms with Crippen molar-refractivity contribution < 1.29 is 8.95 Å². The van der Waals surface area contributed by atoms with Crippen molar-refractivity contribution in [3.63, 3.8) is 0 Å². The minimum atomic E-state index is -1.05. The first-order chi connectivity index (χ1) is 9.56. The summed E-state index contributed by atoms with van der Waals surface area (Å²) in [6, 6.07) is 4.38. The number of hydrogen-bond donors (Lipinski definition) is 1. The zero-order valence-electron chi connectivity index (χ0n) is 11.5. The van der Waals surface area contributed by atoms with Crippen molar-refractivity contribution in [1.29, 1.82) is 0 Å². The lowest BCUT2D eigenvalue weighted by atomic mass is 10.1. The van der Waals surface area contributed by atoms with Crippen molar-refractivity contribution in [3.05, 3.63) is 28.3 Å². The summed E-state index contributed by atoms with van der Waals surface area (Å²) in [5, 5.41) is 0.659. The number of fused-ring (bicyclic) bond motifs is 1. The van der Waals surface area contributed by atoms with Crippen LogP contribution in [-0.4, -0.2) is 40.7 Å². The van der Waals surface area contributed by atoms with E-state index in [2.05, 4.69) is 4.90 Å². The Labute approximate surface area is 126 Å². The molecule has 20 heavy (non-hydrogen) atoms. The first-order valence-corrected chi connectivity index (χ1v) is 8.71. The highest BCUT2D eigenvalue weighted by Crippen LogP contribution is 2.35. The molecule has 0 spiro atoms. The highest BCUT2D eigenvalue weighted by atomic mass is 35.5. The second kappa shape index (κ2) is 5.73. The van der Waals surface area contributed by atoms with Gasteiger partial charge in [0.1, 0.15) is 0 Å². The van der Waals surface area contributed by atoms with Crippen molar-refractivity contribution >= 4 is 22.4 Å². The molecule has 1 aromatic rings. The average Bonchev–Trinajstić information content (AvgIpc) is 2.83. The first-order valence-electron chi connectivity index (χ1n) is 6.77. The third-order valence-corrected chi connectivity index (χ3v) is 5.59. The van der Waals surface area contributed by atoms with Gasteiger partial charge in [0.2, 0.25) is 0 Å². The molecule has 3 unspecified atom stereocenters. The monoisotopic (exact) mass is 314 g/mol. The van der Waals surface area contributed by atoms with Gasteiger partial charge in [-0.05, 0) is 23.6 Å². The van der Waals surface area contributed by atoms with Crippen LogP contribution in [0.1, 0.15) is 17.5 Å². The minimum Gasteiger partial charge on any atom is -0.378 e. The maximum atomic E-state index is 11.7. The molecule has 0 saturated carbocycles. The third kappa shape index (κ3) is 2.65. The van der Waals surface area contributed by atoms with Crippen molar-refractivity contribution in [3.8, 4) is 0 Å². The van der Waals surface area contributed by atoms with Crippen molar-refractivity contribution in [1.82, 2.24) is 4.90 Å². The SMILES string of the molecule is CS(=O)c1ccc2c(c1Cl)CN(C1COCC(N)C1)C2. The van der Waals surface area contributed by atoms with Gasteiger partial charge in [-0.15, -0.1) is 0 Å². The van der Waals surface area contributed by atoms with E-state index >= 15 is 0 Å². The van der Waals surface area contributed by atoms with Crippen LogP contribution in [0.25, 0.3) is 0 Å². The Kier molecular flexibility index (Phi) is 4.15. The van der Waals surface area contributed by atoms with Gasteiger partial charge in [0.15, 0.2) is 0 Å². The van der Waals surface area contributed by atoms with Crippen LogP contribution in [0.15, 0.2) is 17.0 Å². The normalized spacial score (nSPS) is 28.4. The summed E-state index contributed by atoms with van der Waals surface area (Å²) in [6.07, 6.45) is 2.62. The van der Waals surface area contributed by atoms with Crippen molar-refractivity contribution in [2.24, 2.45) is 5.73 Å². The molecule has 0 aromatic heterocycles. The van der Waals surface area contributed by atoms with Gasteiger partial charge >= 0.3 is 0 Å². The highest BCUT2D eigenvalue weighted by molar-refractivity contribution is 7.84. The Morgan fingerprint density at radius 2 is 2.20 bits per heavy atom. The maximum absolute atomic E-state index is 11.7. The molecule has 1 saturated heterocycles. The molecule has 2 N–H and O–H groups in total. The average molecular weight is 315 g/mol. The Hall–Kier alpha value is -0.460. The van der Waals surface area contributed by atoms with E-state index in [1.165, 1.54) is 5.56 Å². The number of halogens is 1. The quantitative estimate of drug-likeness (QED) is 0.899. The molecule has 0 radical (unpaired) electrons. The Balaban J connectivity index is 1.81. The summed E-state index contributed by atoms with van der Waals surface area (Å²) in [5.41, 5.74) is 8.31. The van der Waals surface area contributed by atoms with Crippen LogP contribution >= 0.6 is 11.6 Å². The molecule has 2 aliphatic heterocycles. The number of nitrogens with two attached hydrogens (primary N) is 1. The molecule has 0 aliphatic carbocycles. The molecule has 0 amide bonds. The van der Waals surface area contributed by atoms with Crippen molar-refractivity contribution in [2.75, 3.05) is 19.5 Å². The molecule has 6 heteroatoms. The van der Waals surface area contributed by atoms with Gasteiger partial charge < -0.3 is 10.5 Å². The molecule has 3 rings (SSSR count). The van der Waals surface area contributed by atoms with E-state index in [9.17, 15) is 4.21 Å². The largest absolute Gasteiger partial charge is 0.378 e. The summed E-state index contributed by atoms with van der Waals surface area (Å²) >= 11 is 6.41. The number of rotatable bonds is 2. The number of nitrogens with zero attached hydrogens (tertiary/aromatic N) is 1. The van der Waals surface area contributed by atoms with E-state index in [-0.39, 0.29) is 6.04 Å². The van der Waals surface area contributed by atoms with Crippen LogP contribution in [0.5, 0.6) is 0 Å². The predicted molar refractivity (Wildman–Crippen MR) is 80.2 cm³/mol. The van der Waals surface area contributed by atoms with Crippen LogP contribution in [0, 0.1) is 0 Å². The molecule has 2 aliphatic rings. The summed E-state index contributed by atoms with van der Waals surface area (Å²) < 4.78 is 17.2. The van der Waals surface area contributed by atoms with Crippen LogP contribution < -0.4 is 5.73 Å². The molecule has 0 bridgehead atoms. The van der Waals surface area contributed by atoms with E-state index in [1.54, 1.807) is 6.26 Å². The van der Waals surface area contributed by atoms with Crippen LogP contribution in [-0.2, 0) is 28.6 Å². The van der Waals surface area contributed by atoms with Gasteiger partial charge in [-0.25, -0.2) is 0 Å². The smallest absolute Gasteiger partial charge is 0.0623 e. The summed E-state index contributed by atoms with van der Waals surface area (Å²) in [7, 11) is -1.05. The zero-order valence-corrected chi connectivity index (χ0v) is 13.0. The standard InChI is InChI=1S/C14H19ClN2O2S/c1-20(18)13-3-2-9-5-17(6-12(9)14(13)15)11-4-10(16)7-19-8-11/h2-3,10-11H,4-8,16H2,1H3. The second-order valence-corrected chi connectivity index (χ2v) is 7.29. The van der Waals surface area contributed by atoms with Gasteiger partial charge in [-0.3, -0.25) is 9.11 Å². The summed E-state index contributed by atoms with van der Waals surface area (Å²) in [6.45, 7) is 3.04. The summed E-state index contributed by atoms with van der Waals surface area (Å²) in [4.78, 5) is 3.08.